The van der Waals surface area contributed by atoms with Gasteiger partial charge in [-0.2, -0.15) is 0 Å². The van der Waals surface area contributed by atoms with E-state index in [9.17, 15) is 0 Å². The second-order valence-electron chi connectivity index (χ2n) is 6.33. The summed E-state index contributed by atoms with van der Waals surface area (Å²) < 4.78 is 36.5. The van der Waals surface area contributed by atoms with Crippen LogP contribution in [-0.4, -0.2) is 54.2 Å². The van der Waals surface area contributed by atoms with Crippen LogP contribution in [0, 0.1) is 0 Å². The minimum Gasteiger partial charge on any atom is -0.469 e. The fourth-order valence-corrected chi connectivity index (χ4v) is 3.74. The Bertz CT molecular complexity index is 629. The molecule has 3 aliphatic heterocycles. The van der Waals surface area contributed by atoms with Crippen LogP contribution < -0.4 is 0 Å². The predicted octanol–water partition coefficient (Wildman–Crippen LogP) is 3.01. The van der Waals surface area contributed by atoms with Gasteiger partial charge in [0.1, 0.15) is 12.2 Å². The van der Waals surface area contributed by atoms with Gasteiger partial charge in [-0.05, 0) is 24.9 Å². The third kappa shape index (κ3) is 3.64. The number of ether oxygens (including phenoxy) is 6. The molecule has 0 aromatic heterocycles. The molecule has 0 spiro atoms. The molecule has 142 valence electrons. The van der Waals surface area contributed by atoms with Gasteiger partial charge in [0.25, 0.3) is 0 Å². The minimum absolute atomic E-state index is 0.301. The molecule has 0 bridgehead atoms. The lowest BCUT2D eigenvalue weighted by molar-refractivity contribution is -0.335. The summed E-state index contributed by atoms with van der Waals surface area (Å²) >= 11 is 6.67. The number of rotatable bonds is 3. The summed E-state index contributed by atoms with van der Waals surface area (Å²) in [6.07, 6.45) is -0.141. The van der Waals surface area contributed by atoms with Gasteiger partial charge in [-0.1, -0.05) is 49.0 Å². The molecule has 4 rings (SSSR count). The highest BCUT2D eigenvalue weighted by atomic mass is 32.2. The Hall–Kier alpha value is -0.740. The van der Waals surface area contributed by atoms with Crippen molar-refractivity contribution in [3.05, 3.63) is 35.9 Å². The van der Waals surface area contributed by atoms with Gasteiger partial charge >= 0.3 is 0 Å². The van der Waals surface area contributed by atoms with Crippen LogP contribution in [0.1, 0.15) is 25.2 Å². The Kier molecular flexibility index (Phi) is 5.80. The molecule has 3 aliphatic rings. The van der Waals surface area contributed by atoms with E-state index in [-0.39, 0.29) is 24.6 Å². The molecule has 8 heteroatoms. The topological polar surface area (TPSA) is 55.4 Å². The van der Waals surface area contributed by atoms with Crippen LogP contribution in [0.25, 0.3) is 0 Å². The average Bonchev–Trinajstić information content (AvgIpc) is 3.11. The Balaban J connectivity index is 1.56. The summed E-state index contributed by atoms with van der Waals surface area (Å²) in [6.45, 7) is 2.39. The summed E-state index contributed by atoms with van der Waals surface area (Å²) in [5.41, 5.74) is 0.953. The molecule has 3 saturated heterocycles. The number of thioether (sulfide) groups is 1. The zero-order valence-corrected chi connectivity index (χ0v) is 16.2. The van der Waals surface area contributed by atoms with E-state index in [4.69, 9.17) is 40.6 Å². The number of fused-ring (bicyclic) bond motifs is 2. The highest BCUT2D eigenvalue weighted by Gasteiger charge is 2.56. The van der Waals surface area contributed by atoms with Crippen LogP contribution in [0.4, 0.5) is 0 Å². The fourth-order valence-electron chi connectivity index (χ4n) is 3.42. The van der Waals surface area contributed by atoms with Crippen molar-refractivity contribution in [3.8, 4) is 0 Å². The summed E-state index contributed by atoms with van der Waals surface area (Å²) in [7, 11) is 0. The number of benzene rings is 1. The van der Waals surface area contributed by atoms with Crippen LogP contribution in [0.5, 0.6) is 0 Å². The first-order chi connectivity index (χ1) is 12.7. The van der Waals surface area contributed by atoms with E-state index in [1.807, 2.05) is 43.5 Å². The van der Waals surface area contributed by atoms with Crippen LogP contribution in [0.15, 0.2) is 30.3 Å². The second kappa shape index (κ2) is 8.10. The van der Waals surface area contributed by atoms with Crippen LogP contribution in [-0.2, 0) is 28.4 Å². The van der Waals surface area contributed by atoms with E-state index in [2.05, 4.69) is 0 Å². The normalized spacial score (nSPS) is 39.1. The van der Waals surface area contributed by atoms with E-state index in [1.165, 1.54) is 11.8 Å². The molecule has 6 nitrogen and oxygen atoms in total. The van der Waals surface area contributed by atoms with E-state index in [0.29, 0.717) is 11.0 Å². The Morgan fingerprint density at radius 2 is 1.96 bits per heavy atom. The van der Waals surface area contributed by atoms with Gasteiger partial charge in [-0.3, -0.25) is 0 Å². The molecular weight excluding hydrogens is 376 g/mol. The molecule has 1 aromatic rings. The standard InChI is InChI=1S/C18H22O6S2/c1-3-12-21-15-14(24-18(25)26-2)13-11(20-17(15)22-12)9-19-16(23-13)10-7-5-4-6-8-10/h4-8,11-17H,3,9H2,1-2H3/t11-,12-,13-,14+,15-,16-,17-/m1/s1. The predicted molar refractivity (Wildman–Crippen MR) is 99.7 cm³/mol. The van der Waals surface area contributed by atoms with Crippen LogP contribution in [0.3, 0.4) is 0 Å². The van der Waals surface area contributed by atoms with Crippen molar-refractivity contribution < 1.29 is 28.4 Å². The van der Waals surface area contributed by atoms with Crippen molar-refractivity contribution in [2.24, 2.45) is 0 Å². The SMILES string of the molecule is CC[C@H]1O[C@H]2O[C@@H]3CO[C@@H](c4ccccc4)O[C@H]3[C@H](OC(=S)SC)[C@H]2O1. The Morgan fingerprint density at radius 3 is 2.69 bits per heavy atom. The van der Waals surface area contributed by atoms with E-state index in [0.717, 1.165) is 12.0 Å². The molecule has 0 saturated carbocycles. The van der Waals surface area contributed by atoms with Crippen molar-refractivity contribution in [1.82, 2.24) is 0 Å². The lowest BCUT2D eigenvalue weighted by Crippen LogP contribution is -2.61. The lowest BCUT2D eigenvalue weighted by atomic mass is 9.97. The zero-order chi connectivity index (χ0) is 18.1. The van der Waals surface area contributed by atoms with Gasteiger partial charge in [0.05, 0.1) is 6.61 Å². The zero-order valence-electron chi connectivity index (χ0n) is 14.6. The molecule has 1 aromatic carbocycles. The minimum atomic E-state index is -0.503. The van der Waals surface area contributed by atoms with Crippen molar-refractivity contribution in [1.29, 1.82) is 0 Å². The summed E-state index contributed by atoms with van der Waals surface area (Å²) in [4.78, 5) is 0. The van der Waals surface area contributed by atoms with Gasteiger partial charge in [-0.15, -0.1) is 0 Å². The van der Waals surface area contributed by atoms with Crippen molar-refractivity contribution in [3.63, 3.8) is 0 Å². The molecule has 0 amide bonds. The summed E-state index contributed by atoms with van der Waals surface area (Å²) in [5, 5.41) is 0. The molecule has 3 heterocycles. The Labute approximate surface area is 162 Å². The van der Waals surface area contributed by atoms with Gasteiger partial charge in [0.2, 0.25) is 4.38 Å². The molecule has 0 aliphatic carbocycles. The number of hydrogen-bond donors (Lipinski definition) is 0. The van der Waals surface area contributed by atoms with Crippen LogP contribution >= 0.6 is 24.0 Å². The molecule has 0 N–H and O–H groups in total. The molecule has 26 heavy (non-hydrogen) atoms. The largest absolute Gasteiger partial charge is 0.469 e. The molecule has 0 radical (unpaired) electrons. The van der Waals surface area contributed by atoms with Gasteiger partial charge in [-0.25, -0.2) is 0 Å². The molecular formula is C18H22O6S2. The highest BCUT2D eigenvalue weighted by molar-refractivity contribution is 8.22. The smallest absolute Gasteiger partial charge is 0.220 e. The maximum atomic E-state index is 6.23. The first-order valence-electron chi connectivity index (χ1n) is 8.72. The van der Waals surface area contributed by atoms with E-state index < -0.39 is 18.7 Å². The van der Waals surface area contributed by atoms with Crippen molar-refractivity contribution in [2.45, 2.75) is 56.6 Å². The molecule has 7 atom stereocenters. The third-order valence-corrected chi connectivity index (χ3v) is 5.71. The monoisotopic (exact) mass is 398 g/mol. The lowest BCUT2D eigenvalue weighted by Gasteiger charge is -2.46. The average molecular weight is 399 g/mol. The number of hydrogen-bond acceptors (Lipinski definition) is 8. The Morgan fingerprint density at radius 1 is 1.15 bits per heavy atom. The van der Waals surface area contributed by atoms with E-state index >= 15 is 0 Å². The quantitative estimate of drug-likeness (QED) is 0.721. The summed E-state index contributed by atoms with van der Waals surface area (Å²) in [5.74, 6) is 0. The van der Waals surface area contributed by atoms with Gasteiger partial charge in [0, 0.05) is 5.56 Å². The van der Waals surface area contributed by atoms with Gasteiger partial charge in [0.15, 0.2) is 31.1 Å². The third-order valence-electron chi connectivity index (χ3n) is 4.68. The first-order valence-corrected chi connectivity index (χ1v) is 10.4. The summed E-state index contributed by atoms with van der Waals surface area (Å²) in [6, 6.07) is 9.82. The maximum Gasteiger partial charge on any atom is 0.220 e. The molecule has 3 fully saturated rings. The second-order valence-corrected chi connectivity index (χ2v) is 7.74. The van der Waals surface area contributed by atoms with Crippen molar-refractivity contribution >= 4 is 28.4 Å². The van der Waals surface area contributed by atoms with Gasteiger partial charge < -0.3 is 28.4 Å². The van der Waals surface area contributed by atoms with Crippen LogP contribution in [0.2, 0.25) is 0 Å². The number of thiocarbonyl (C=S) groups is 1. The van der Waals surface area contributed by atoms with E-state index in [1.54, 1.807) is 0 Å². The van der Waals surface area contributed by atoms with Crippen molar-refractivity contribution in [2.75, 3.05) is 12.9 Å². The highest BCUT2D eigenvalue weighted by Crippen LogP contribution is 2.40. The molecule has 0 unspecified atom stereocenters. The fraction of sp³-hybridized carbons (Fsp3) is 0.611. The maximum absolute atomic E-state index is 6.23. The first kappa shape index (κ1) is 18.6.